The van der Waals surface area contributed by atoms with Crippen LogP contribution in [0.3, 0.4) is 0 Å². The van der Waals surface area contributed by atoms with Gasteiger partial charge in [0.15, 0.2) is 0 Å². The Morgan fingerprint density at radius 2 is 2.29 bits per heavy atom. The third-order valence-electron chi connectivity index (χ3n) is 1.68. The SMILES string of the molecule is CCNc1cc(N)c(Br)cc1[N+](=O)[O-]. The summed E-state index contributed by atoms with van der Waals surface area (Å²) in [6, 6.07) is 2.94. The molecule has 0 aliphatic rings. The van der Waals surface area contributed by atoms with E-state index in [0.29, 0.717) is 22.4 Å². The Morgan fingerprint density at radius 3 is 2.79 bits per heavy atom. The van der Waals surface area contributed by atoms with Gasteiger partial charge in [0.1, 0.15) is 5.69 Å². The maximum atomic E-state index is 10.7. The van der Waals surface area contributed by atoms with Crippen molar-refractivity contribution in [3.05, 3.63) is 26.7 Å². The molecule has 1 aromatic rings. The van der Waals surface area contributed by atoms with Gasteiger partial charge >= 0.3 is 0 Å². The molecule has 0 aliphatic carbocycles. The van der Waals surface area contributed by atoms with Crippen LogP contribution in [-0.2, 0) is 0 Å². The molecular formula is C8H10BrN3O2. The smallest absolute Gasteiger partial charge is 0.293 e. The van der Waals surface area contributed by atoms with Gasteiger partial charge in [-0.1, -0.05) is 0 Å². The number of hydrogen-bond acceptors (Lipinski definition) is 4. The molecule has 3 N–H and O–H groups in total. The first-order valence-corrected chi connectivity index (χ1v) is 4.82. The van der Waals surface area contributed by atoms with Crippen molar-refractivity contribution in [2.24, 2.45) is 0 Å². The lowest BCUT2D eigenvalue weighted by atomic mass is 10.2. The number of halogens is 1. The normalized spacial score (nSPS) is 9.86. The number of rotatable bonds is 3. The Bertz CT molecular complexity index is 368. The van der Waals surface area contributed by atoms with Crippen LogP contribution in [0.15, 0.2) is 16.6 Å². The average Bonchev–Trinajstić information content (AvgIpc) is 2.11. The quantitative estimate of drug-likeness (QED) is 0.496. The van der Waals surface area contributed by atoms with E-state index in [0.717, 1.165) is 0 Å². The monoisotopic (exact) mass is 259 g/mol. The van der Waals surface area contributed by atoms with E-state index in [9.17, 15) is 10.1 Å². The molecule has 0 saturated heterocycles. The van der Waals surface area contributed by atoms with Crippen molar-refractivity contribution in [3.63, 3.8) is 0 Å². The summed E-state index contributed by atoms with van der Waals surface area (Å²) in [4.78, 5) is 10.2. The van der Waals surface area contributed by atoms with Gasteiger partial charge in [0.25, 0.3) is 5.69 Å². The highest BCUT2D eigenvalue weighted by Gasteiger charge is 2.15. The lowest BCUT2D eigenvalue weighted by Gasteiger charge is -2.06. The van der Waals surface area contributed by atoms with Gasteiger partial charge in [-0.25, -0.2) is 0 Å². The van der Waals surface area contributed by atoms with Crippen LogP contribution in [0.2, 0.25) is 0 Å². The zero-order chi connectivity index (χ0) is 10.7. The van der Waals surface area contributed by atoms with Gasteiger partial charge in [-0.2, -0.15) is 0 Å². The van der Waals surface area contributed by atoms with E-state index in [4.69, 9.17) is 5.73 Å². The van der Waals surface area contributed by atoms with Crippen LogP contribution in [-0.4, -0.2) is 11.5 Å². The summed E-state index contributed by atoms with van der Waals surface area (Å²) >= 11 is 3.14. The molecule has 0 bridgehead atoms. The number of nitrogen functional groups attached to an aromatic ring is 1. The molecule has 6 heteroatoms. The number of benzene rings is 1. The Labute approximate surface area is 89.6 Å². The van der Waals surface area contributed by atoms with Gasteiger partial charge in [-0.05, 0) is 28.9 Å². The van der Waals surface area contributed by atoms with Gasteiger partial charge < -0.3 is 11.1 Å². The molecule has 0 heterocycles. The van der Waals surface area contributed by atoms with Crippen molar-refractivity contribution >= 4 is 33.0 Å². The molecule has 0 radical (unpaired) electrons. The van der Waals surface area contributed by atoms with E-state index < -0.39 is 4.92 Å². The maximum absolute atomic E-state index is 10.7. The molecular weight excluding hydrogens is 250 g/mol. The van der Waals surface area contributed by atoms with Crippen LogP contribution in [0.4, 0.5) is 17.1 Å². The van der Waals surface area contributed by atoms with Crippen LogP contribution in [0.25, 0.3) is 0 Å². The van der Waals surface area contributed by atoms with Crippen molar-refractivity contribution in [1.82, 2.24) is 0 Å². The highest BCUT2D eigenvalue weighted by atomic mass is 79.9. The van der Waals surface area contributed by atoms with Crippen molar-refractivity contribution < 1.29 is 4.92 Å². The molecule has 0 fully saturated rings. The number of nitro benzene ring substituents is 1. The first-order valence-electron chi connectivity index (χ1n) is 4.03. The zero-order valence-corrected chi connectivity index (χ0v) is 9.17. The van der Waals surface area contributed by atoms with Crippen LogP contribution in [0.1, 0.15) is 6.92 Å². The van der Waals surface area contributed by atoms with Crippen molar-refractivity contribution in [1.29, 1.82) is 0 Å². The second-order valence-electron chi connectivity index (χ2n) is 2.68. The van der Waals surface area contributed by atoms with E-state index in [-0.39, 0.29) is 5.69 Å². The fourth-order valence-corrected chi connectivity index (χ4v) is 1.39. The van der Waals surface area contributed by atoms with E-state index in [1.807, 2.05) is 6.92 Å². The van der Waals surface area contributed by atoms with E-state index in [2.05, 4.69) is 21.2 Å². The highest BCUT2D eigenvalue weighted by molar-refractivity contribution is 9.10. The van der Waals surface area contributed by atoms with E-state index in [1.54, 1.807) is 6.07 Å². The molecule has 0 atom stereocenters. The molecule has 0 amide bonds. The van der Waals surface area contributed by atoms with Crippen LogP contribution in [0.5, 0.6) is 0 Å². The molecule has 1 aromatic carbocycles. The minimum Gasteiger partial charge on any atom is -0.398 e. The zero-order valence-electron chi connectivity index (χ0n) is 7.58. The predicted octanol–water partition coefficient (Wildman–Crippen LogP) is 2.37. The first kappa shape index (κ1) is 10.8. The summed E-state index contributed by atoms with van der Waals surface area (Å²) in [6.45, 7) is 2.48. The second-order valence-corrected chi connectivity index (χ2v) is 3.53. The van der Waals surface area contributed by atoms with Gasteiger partial charge in [0, 0.05) is 22.8 Å². The fraction of sp³-hybridized carbons (Fsp3) is 0.250. The Morgan fingerprint density at radius 1 is 1.64 bits per heavy atom. The molecule has 0 aliphatic heterocycles. The molecule has 1 rings (SSSR count). The van der Waals surface area contributed by atoms with Gasteiger partial charge in [-0.15, -0.1) is 0 Å². The second kappa shape index (κ2) is 4.28. The molecule has 0 unspecified atom stereocenters. The lowest BCUT2D eigenvalue weighted by Crippen LogP contribution is -2.02. The number of nitrogens with two attached hydrogens (primary N) is 1. The molecule has 14 heavy (non-hydrogen) atoms. The molecule has 0 saturated carbocycles. The summed E-state index contributed by atoms with van der Waals surface area (Å²) in [7, 11) is 0. The van der Waals surface area contributed by atoms with Crippen molar-refractivity contribution in [3.8, 4) is 0 Å². The van der Waals surface area contributed by atoms with Crippen molar-refractivity contribution in [2.45, 2.75) is 6.92 Å². The third-order valence-corrected chi connectivity index (χ3v) is 2.37. The number of nitrogens with one attached hydrogen (secondary N) is 1. The summed E-state index contributed by atoms with van der Waals surface area (Å²) < 4.78 is 0.533. The summed E-state index contributed by atoms with van der Waals surface area (Å²) in [5.74, 6) is 0. The molecule has 5 nitrogen and oxygen atoms in total. The van der Waals surface area contributed by atoms with Gasteiger partial charge in [0.05, 0.1) is 4.92 Å². The molecule has 0 spiro atoms. The summed E-state index contributed by atoms with van der Waals surface area (Å²) in [5, 5.41) is 13.5. The Kier molecular flexibility index (Phi) is 3.29. The molecule has 0 aromatic heterocycles. The Balaban J connectivity index is 3.24. The first-order chi connectivity index (χ1) is 6.56. The topological polar surface area (TPSA) is 81.2 Å². The third kappa shape index (κ3) is 2.14. The van der Waals surface area contributed by atoms with Gasteiger partial charge in [0.2, 0.25) is 0 Å². The van der Waals surface area contributed by atoms with Gasteiger partial charge in [-0.3, -0.25) is 10.1 Å². The minimum atomic E-state index is -0.442. The summed E-state index contributed by atoms with van der Waals surface area (Å²) in [5.41, 5.74) is 6.55. The van der Waals surface area contributed by atoms with E-state index in [1.165, 1.54) is 6.07 Å². The van der Waals surface area contributed by atoms with Crippen molar-refractivity contribution in [2.75, 3.05) is 17.6 Å². The fourth-order valence-electron chi connectivity index (χ4n) is 1.06. The Hall–Kier alpha value is -1.30. The predicted molar refractivity (Wildman–Crippen MR) is 59.4 cm³/mol. The van der Waals surface area contributed by atoms with Crippen LogP contribution >= 0.6 is 15.9 Å². The number of hydrogen-bond donors (Lipinski definition) is 2. The number of nitrogens with zero attached hydrogens (tertiary/aromatic N) is 1. The molecule has 76 valence electrons. The maximum Gasteiger partial charge on any atom is 0.293 e. The highest BCUT2D eigenvalue weighted by Crippen LogP contribution is 2.32. The largest absolute Gasteiger partial charge is 0.398 e. The minimum absolute atomic E-state index is 0.0212. The van der Waals surface area contributed by atoms with E-state index >= 15 is 0 Å². The van der Waals surface area contributed by atoms with Crippen LogP contribution in [0, 0.1) is 10.1 Å². The average molecular weight is 260 g/mol. The summed E-state index contributed by atoms with van der Waals surface area (Å²) in [6.07, 6.45) is 0. The number of nitro groups is 1. The standard InChI is InChI=1S/C8H10BrN3O2/c1-2-11-7-4-6(10)5(9)3-8(7)12(13)14/h3-4,11H,2,10H2,1H3. The van der Waals surface area contributed by atoms with Crippen LogP contribution < -0.4 is 11.1 Å². The number of anilines is 2. The lowest BCUT2D eigenvalue weighted by molar-refractivity contribution is -0.384.